The number of nitrogens with one attached hydrogen (secondary N) is 2. The Hall–Kier alpha value is -1.52. The standard InChI is InChI=1S/C10H18N4O/c1-3-4-5-13-10(15)14(2)8-9-11-6-7-12-9/h6-7H,3-5,8H2,1-2H3,(H,11,12)(H,13,15). The fourth-order valence-electron chi connectivity index (χ4n) is 1.19. The van der Waals surface area contributed by atoms with Crippen LogP contribution in [-0.4, -0.2) is 34.5 Å². The van der Waals surface area contributed by atoms with E-state index in [9.17, 15) is 4.79 Å². The molecule has 1 aromatic rings. The van der Waals surface area contributed by atoms with Gasteiger partial charge in [-0.2, -0.15) is 0 Å². The zero-order chi connectivity index (χ0) is 11.1. The molecule has 0 radical (unpaired) electrons. The highest BCUT2D eigenvalue weighted by Crippen LogP contribution is 1.95. The Bertz CT molecular complexity index is 284. The number of rotatable bonds is 5. The highest BCUT2D eigenvalue weighted by molar-refractivity contribution is 5.73. The third-order valence-corrected chi connectivity index (χ3v) is 2.10. The molecule has 1 aromatic heterocycles. The smallest absolute Gasteiger partial charge is 0.317 e. The van der Waals surface area contributed by atoms with E-state index in [-0.39, 0.29) is 6.03 Å². The minimum Gasteiger partial charge on any atom is -0.347 e. The first-order valence-electron chi connectivity index (χ1n) is 5.21. The lowest BCUT2D eigenvalue weighted by molar-refractivity contribution is 0.205. The molecule has 0 aliphatic carbocycles. The van der Waals surface area contributed by atoms with Crippen LogP contribution >= 0.6 is 0 Å². The van der Waals surface area contributed by atoms with Gasteiger partial charge in [-0.15, -0.1) is 0 Å². The Balaban J connectivity index is 2.27. The van der Waals surface area contributed by atoms with Crippen LogP contribution in [0.15, 0.2) is 12.4 Å². The molecule has 0 saturated carbocycles. The van der Waals surface area contributed by atoms with Crippen LogP contribution < -0.4 is 5.32 Å². The van der Waals surface area contributed by atoms with Gasteiger partial charge in [-0.05, 0) is 6.42 Å². The summed E-state index contributed by atoms with van der Waals surface area (Å²) in [7, 11) is 1.75. The average Bonchev–Trinajstić information content (AvgIpc) is 2.70. The Labute approximate surface area is 89.9 Å². The van der Waals surface area contributed by atoms with E-state index in [1.54, 1.807) is 24.3 Å². The highest BCUT2D eigenvalue weighted by Gasteiger charge is 2.08. The molecule has 0 spiro atoms. The zero-order valence-corrected chi connectivity index (χ0v) is 9.29. The molecular weight excluding hydrogens is 192 g/mol. The van der Waals surface area contributed by atoms with Gasteiger partial charge in [0.1, 0.15) is 5.82 Å². The van der Waals surface area contributed by atoms with Crippen molar-refractivity contribution >= 4 is 6.03 Å². The SMILES string of the molecule is CCCCNC(=O)N(C)Cc1ncc[nH]1. The van der Waals surface area contributed by atoms with Crippen LogP contribution in [0.25, 0.3) is 0 Å². The van der Waals surface area contributed by atoms with Crippen LogP contribution in [0, 0.1) is 0 Å². The first-order valence-corrected chi connectivity index (χ1v) is 5.21. The maximum atomic E-state index is 11.5. The molecule has 0 unspecified atom stereocenters. The number of amides is 2. The maximum Gasteiger partial charge on any atom is 0.317 e. The molecule has 2 N–H and O–H groups in total. The van der Waals surface area contributed by atoms with E-state index in [1.165, 1.54) is 0 Å². The van der Waals surface area contributed by atoms with Crippen molar-refractivity contribution in [1.29, 1.82) is 0 Å². The summed E-state index contributed by atoms with van der Waals surface area (Å²) in [5, 5.41) is 2.84. The minimum atomic E-state index is -0.0557. The molecule has 0 atom stereocenters. The summed E-state index contributed by atoms with van der Waals surface area (Å²) in [5.41, 5.74) is 0. The largest absolute Gasteiger partial charge is 0.347 e. The molecule has 0 aliphatic rings. The van der Waals surface area contributed by atoms with Crippen LogP contribution in [0.1, 0.15) is 25.6 Å². The monoisotopic (exact) mass is 210 g/mol. The van der Waals surface area contributed by atoms with E-state index >= 15 is 0 Å². The number of aromatic amines is 1. The zero-order valence-electron chi connectivity index (χ0n) is 9.29. The van der Waals surface area contributed by atoms with E-state index in [0.29, 0.717) is 6.54 Å². The van der Waals surface area contributed by atoms with E-state index < -0.39 is 0 Å². The number of hydrogen-bond acceptors (Lipinski definition) is 2. The van der Waals surface area contributed by atoms with Crippen molar-refractivity contribution in [2.45, 2.75) is 26.3 Å². The van der Waals surface area contributed by atoms with Crippen LogP contribution in [0.3, 0.4) is 0 Å². The molecule has 1 heterocycles. The van der Waals surface area contributed by atoms with Crippen LogP contribution in [0.2, 0.25) is 0 Å². The molecule has 0 aromatic carbocycles. The quantitative estimate of drug-likeness (QED) is 0.721. The predicted octanol–water partition coefficient (Wildman–Crippen LogP) is 1.35. The number of nitrogens with zero attached hydrogens (tertiary/aromatic N) is 2. The van der Waals surface area contributed by atoms with E-state index in [0.717, 1.165) is 25.2 Å². The predicted molar refractivity (Wildman–Crippen MR) is 58.4 cm³/mol. The van der Waals surface area contributed by atoms with Gasteiger partial charge in [0.25, 0.3) is 0 Å². The van der Waals surface area contributed by atoms with Crippen molar-refractivity contribution in [3.05, 3.63) is 18.2 Å². The third-order valence-electron chi connectivity index (χ3n) is 2.10. The Morgan fingerprint density at radius 3 is 3.07 bits per heavy atom. The fourth-order valence-corrected chi connectivity index (χ4v) is 1.19. The van der Waals surface area contributed by atoms with E-state index in [1.807, 2.05) is 0 Å². The second kappa shape index (κ2) is 6.06. The lowest BCUT2D eigenvalue weighted by Crippen LogP contribution is -2.37. The third kappa shape index (κ3) is 4.01. The number of H-pyrrole nitrogens is 1. The van der Waals surface area contributed by atoms with Gasteiger partial charge < -0.3 is 15.2 Å². The van der Waals surface area contributed by atoms with Crippen molar-refractivity contribution in [2.24, 2.45) is 0 Å². The van der Waals surface area contributed by atoms with Crippen LogP contribution in [-0.2, 0) is 6.54 Å². The molecule has 0 fully saturated rings. The van der Waals surface area contributed by atoms with Crippen molar-refractivity contribution in [3.63, 3.8) is 0 Å². The number of hydrogen-bond donors (Lipinski definition) is 2. The summed E-state index contributed by atoms with van der Waals surface area (Å²) in [5.74, 6) is 0.795. The molecule has 1 rings (SSSR count). The van der Waals surface area contributed by atoms with Gasteiger partial charge in [-0.25, -0.2) is 9.78 Å². The number of carbonyl (C=O) groups is 1. The molecule has 84 valence electrons. The van der Waals surface area contributed by atoms with E-state index in [2.05, 4.69) is 22.2 Å². The minimum absolute atomic E-state index is 0.0557. The van der Waals surface area contributed by atoms with Crippen molar-refractivity contribution < 1.29 is 4.79 Å². The summed E-state index contributed by atoms with van der Waals surface area (Å²) < 4.78 is 0. The van der Waals surface area contributed by atoms with Crippen molar-refractivity contribution in [3.8, 4) is 0 Å². The van der Waals surface area contributed by atoms with Gasteiger partial charge in [0.15, 0.2) is 0 Å². The van der Waals surface area contributed by atoms with Gasteiger partial charge in [0.2, 0.25) is 0 Å². The molecular formula is C10H18N4O. The van der Waals surface area contributed by atoms with Gasteiger partial charge in [0, 0.05) is 26.0 Å². The van der Waals surface area contributed by atoms with Crippen molar-refractivity contribution in [2.75, 3.05) is 13.6 Å². The summed E-state index contributed by atoms with van der Waals surface area (Å²) in [6.45, 7) is 3.33. The number of unbranched alkanes of at least 4 members (excludes halogenated alkanes) is 1. The maximum absolute atomic E-state index is 11.5. The van der Waals surface area contributed by atoms with Gasteiger partial charge in [0.05, 0.1) is 6.54 Å². The number of urea groups is 1. The van der Waals surface area contributed by atoms with E-state index in [4.69, 9.17) is 0 Å². The molecule has 2 amide bonds. The molecule has 0 saturated heterocycles. The van der Waals surface area contributed by atoms with Gasteiger partial charge >= 0.3 is 6.03 Å². The molecule has 15 heavy (non-hydrogen) atoms. The summed E-state index contributed by atoms with van der Waals surface area (Å²) in [6.07, 6.45) is 5.53. The summed E-state index contributed by atoms with van der Waals surface area (Å²) in [4.78, 5) is 20.1. The van der Waals surface area contributed by atoms with Gasteiger partial charge in [-0.3, -0.25) is 0 Å². The summed E-state index contributed by atoms with van der Waals surface area (Å²) >= 11 is 0. The topological polar surface area (TPSA) is 61.0 Å². The number of aromatic nitrogens is 2. The summed E-state index contributed by atoms with van der Waals surface area (Å²) in [6, 6.07) is -0.0557. The fraction of sp³-hybridized carbons (Fsp3) is 0.600. The van der Waals surface area contributed by atoms with Crippen molar-refractivity contribution in [1.82, 2.24) is 20.2 Å². The van der Waals surface area contributed by atoms with Crippen LogP contribution in [0.4, 0.5) is 4.79 Å². The molecule has 5 nitrogen and oxygen atoms in total. The second-order valence-electron chi connectivity index (χ2n) is 3.48. The average molecular weight is 210 g/mol. The van der Waals surface area contributed by atoms with Crippen LogP contribution in [0.5, 0.6) is 0 Å². The lowest BCUT2D eigenvalue weighted by Gasteiger charge is -2.16. The molecule has 0 bridgehead atoms. The lowest BCUT2D eigenvalue weighted by atomic mass is 10.3. The Kier molecular flexibility index (Phi) is 4.66. The first-order chi connectivity index (χ1) is 7.24. The molecule has 0 aliphatic heterocycles. The first kappa shape index (κ1) is 11.6. The normalized spacial score (nSPS) is 10.0. The Morgan fingerprint density at radius 1 is 1.67 bits per heavy atom. The van der Waals surface area contributed by atoms with Gasteiger partial charge in [-0.1, -0.05) is 13.3 Å². The molecule has 5 heteroatoms. The second-order valence-corrected chi connectivity index (χ2v) is 3.48. The number of imidazole rings is 1. The highest BCUT2D eigenvalue weighted by atomic mass is 16.2. The number of carbonyl (C=O) groups excluding carboxylic acids is 1. The Morgan fingerprint density at radius 2 is 2.47 bits per heavy atom.